The maximum Gasteiger partial charge on any atom is 0.1000 e. The highest BCUT2D eigenvalue weighted by molar-refractivity contribution is 4.71. The number of nitrogens with zero attached hydrogens (tertiary/aromatic N) is 2. The van der Waals surface area contributed by atoms with Crippen molar-refractivity contribution >= 4 is 0 Å². The van der Waals surface area contributed by atoms with Gasteiger partial charge < -0.3 is 4.74 Å². The predicted molar refractivity (Wildman–Crippen MR) is 77.5 cm³/mol. The molecule has 106 valence electrons. The molecule has 0 aromatic carbocycles. The summed E-state index contributed by atoms with van der Waals surface area (Å²) in [6.07, 6.45) is 9.87. The molecule has 0 amide bonds. The van der Waals surface area contributed by atoms with E-state index in [4.69, 9.17) is 4.74 Å². The fourth-order valence-electron chi connectivity index (χ4n) is 2.45. The lowest BCUT2D eigenvalue weighted by atomic mass is 10.1. The fraction of sp³-hybridized carbons (Fsp3) is 0.867. The average Bonchev–Trinajstić information content (AvgIpc) is 2.82. The molecule has 0 unspecified atom stereocenters. The quantitative estimate of drug-likeness (QED) is 0.416. The standard InChI is InChI=1S/C15H30N2O/c1-3-5-6-7-8-9-10-16-11-12-17(15-16)13-14-18-4-2/h4H,2-3,5-15H2,1H3. The summed E-state index contributed by atoms with van der Waals surface area (Å²) in [6.45, 7) is 12.4. The van der Waals surface area contributed by atoms with Crippen molar-refractivity contribution < 1.29 is 4.74 Å². The molecule has 0 aromatic heterocycles. The molecule has 0 aromatic rings. The van der Waals surface area contributed by atoms with Gasteiger partial charge in [-0.05, 0) is 13.0 Å². The molecule has 0 aliphatic carbocycles. The van der Waals surface area contributed by atoms with Crippen LogP contribution in [0.3, 0.4) is 0 Å². The Bertz CT molecular complexity index is 209. The van der Waals surface area contributed by atoms with Gasteiger partial charge in [-0.15, -0.1) is 0 Å². The van der Waals surface area contributed by atoms with E-state index in [1.807, 2.05) is 0 Å². The van der Waals surface area contributed by atoms with Crippen LogP contribution in [-0.2, 0) is 4.74 Å². The van der Waals surface area contributed by atoms with E-state index in [0.29, 0.717) is 0 Å². The molecule has 0 saturated carbocycles. The van der Waals surface area contributed by atoms with E-state index in [-0.39, 0.29) is 0 Å². The highest BCUT2D eigenvalue weighted by Crippen LogP contribution is 2.09. The van der Waals surface area contributed by atoms with Crippen LogP contribution in [0.4, 0.5) is 0 Å². The topological polar surface area (TPSA) is 15.7 Å². The molecule has 18 heavy (non-hydrogen) atoms. The summed E-state index contributed by atoms with van der Waals surface area (Å²) in [6, 6.07) is 0. The van der Waals surface area contributed by atoms with Gasteiger partial charge in [-0.2, -0.15) is 0 Å². The Morgan fingerprint density at radius 1 is 1.00 bits per heavy atom. The third-order valence-electron chi connectivity index (χ3n) is 3.60. The van der Waals surface area contributed by atoms with Gasteiger partial charge in [0.25, 0.3) is 0 Å². The highest BCUT2D eigenvalue weighted by atomic mass is 16.5. The molecule has 1 fully saturated rings. The normalized spacial score (nSPS) is 17.2. The minimum atomic E-state index is 0.772. The van der Waals surface area contributed by atoms with Crippen LogP contribution in [0.25, 0.3) is 0 Å². The van der Waals surface area contributed by atoms with E-state index in [1.165, 1.54) is 64.4 Å². The molecule has 1 aliphatic rings. The minimum Gasteiger partial charge on any atom is -0.500 e. The summed E-state index contributed by atoms with van der Waals surface area (Å²) in [5.41, 5.74) is 0. The van der Waals surface area contributed by atoms with E-state index in [1.54, 1.807) is 0 Å². The number of rotatable bonds is 11. The fourth-order valence-corrected chi connectivity index (χ4v) is 2.45. The first-order valence-corrected chi connectivity index (χ1v) is 7.54. The van der Waals surface area contributed by atoms with Crippen molar-refractivity contribution in [1.29, 1.82) is 0 Å². The van der Waals surface area contributed by atoms with E-state index < -0.39 is 0 Å². The molecule has 1 heterocycles. The molecule has 0 radical (unpaired) electrons. The van der Waals surface area contributed by atoms with Crippen LogP contribution in [-0.4, -0.2) is 49.3 Å². The van der Waals surface area contributed by atoms with Gasteiger partial charge in [0.2, 0.25) is 0 Å². The van der Waals surface area contributed by atoms with Crippen LogP contribution >= 0.6 is 0 Å². The molecule has 0 atom stereocenters. The van der Waals surface area contributed by atoms with Gasteiger partial charge in [-0.1, -0.05) is 45.6 Å². The van der Waals surface area contributed by atoms with Gasteiger partial charge in [0.15, 0.2) is 0 Å². The molecular formula is C15H30N2O. The summed E-state index contributed by atoms with van der Waals surface area (Å²) in [5, 5.41) is 0. The van der Waals surface area contributed by atoms with Crippen molar-refractivity contribution in [3.8, 4) is 0 Å². The molecule has 0 N–H and O–H groups in total. The lowest BCUT2D eigenvalue weighted by Gasteiger charge is -2.17. The molecule has 3 nitrogen and oxygen atoms in total. The lowest BCUT2D eigenvalue weighted by Crippen LogP contribution is -2.28. The lowest BCUT2D eigenvalue weighted by molar-refractivity contribution is 0.176. The SMILES string of the molecule is C=COCCN1CCN(CCCCCCCC)C1. The van der Waals surface area contributed by atoms with Crippen molar-refractivity contribution in [2.75, 3.05) is 39.5 Å². The van der Waals surface area contributed by atoms with Crippen LogP contribution in [0.5, 0.6) is 0 Å². The second-order valence-electron chi connectivity index (χ2n) is 5.18. The van der Waals surface area contributed by atoms with Crippen LogP contribution in [0.15, 0.2) is 12.8 Å². The largest absolute Gasteiger partial charge is 0.500 e. The molecular weight excluding hydrogens is 224 g/mol. The van der Waals surface area contributed by atoms with Crippen LogP contribution in [0.1, 0.15) is 45.4 Å². The van der Waals surface area contributed by atoms with Crippen molar-refractivity contribution in [2.24, 2.45) is 0 Å². The van der Waals surface area contributed by atoms with Gasteiger partial charge in [-0.25, -0.2) is 0 Å². The van der Waals surface area contributed by atoms with E-state index in [0.717, 1.165) is 19.8 Å². The summed E-state index contributed by atoms with van der Waals surface area (Å²) in [5.74, 6) is 0. The Hall–Kier alpha value is -0.540. The second kappa shape index (κ2) is 10.4. The highest BCUT2D eigenvalue weighted by Gasteiger charge is 2.18. The van der Waals surface area contributed by atoms with Crippen molar-refractivity contribution in [1.82, 2.24) is 9.80 Å². The molecule has 3 heteroatoms. The van der Waals surface area contributed by atoms with Gasteiger partial charge in [-0.3, -0.25) is 9.80 Å². The molecule has 1 aliphatic heterocycles. The Balaban J connectivity index is 1.92. The van der Waals surface area contributed by atoms with Crippen LogP contribution in [0, 0.1) is 0 Å². The summed E-state index contributed by atoms with van der Waals surface area (Å²) in [4.78, 5) is 5.02. The number of hydrogen-bond donors (Lipinski definition) is 0. The number of unbranched alkanes of at least 4 members (excludes halogenated alkanes) is 5. The first-order chi connectivity index (χ1) is 8.86. The molecule has 1 saturated heterocycles. The third kappa shape index (κ3) is 7.02. The monoisotopic (exact) mass is 254 g/mol. The van der Waals surface area contributed by atoms with Gasteiger partial charge in [0.05, 0.1) is 19.5 Å². The molecule has 1 rings (SSSR count). The van der Waals surface area contributed by atoms with E-state index in [9.17, 15) is 0 Å². The Morgan fingerprint density at radius 2 is 1.67 bits per heavy atom. The maximum atomic E-state index is 5.17. The average molecular weight is 254 g/mol. The summed E-state index contributed by atoms with van der Waals surface area (Å²) in [7, 11) is 0. The first kappa shape index (κ1) is 15.5. The second-order valence-corrected chi connectivity index (χ2v) is 5.18. The molecule has 0 bridgehead atoms. The number of hydrogen-bond acceptors (Lipinski definition) is 3. The van der Waals surface area contributed by atoms with Crippen LogP contribution in [0.2, 0.25) is 0 Å². The third-order valence-corrected chi connectivity index (χ3v) is 3.60. The Labute approximate surface area is 113 Å². The Morgan fingerprint density at radius 3 is 2.39 bits per heavy atom. The zero-order chi connectivity index (χ0) is 13.1. The van der Waals surface area contributed by atoms with Gasteiger partial charge >= 0.3 is 0 Å². The van der Waals surface area contributed by atoms with Crippen molar-refractivity contribution in [3.05, 3.63) is 12.8 Å². The minimum absolute atomic E-state index is 0.772. The summed E-state index contributed by atoms with van der Waals surface area (Å²) >= 11 is 0. The molecule has 0 spiro atoms. The van der Waals surface area contributed by atoms with E-state index in [2.05, 4.69) is 23.3 Å². The van der Waals surface area contributed by atoms with Gasteiger partial charge in [0, 0.05) is 19.6 Å². The smallest absolute Gasteiger partial charge is 0.1000 e. The zero-order valence-corrected chi connectivity index (χ0v) is 12.1. The first-order valence-electron chi connectivity index (χ1n) is 7.54. The Kier molecular flexibility index (Phi) is 8.96. The zero-order valence-electron chi connectivity index (χ0n) is 12.1. The van der Waals surface area contributed by atoms with Crippen LogP contribution < -0.4 is 0 Å². The van der Waals surface area contributed by atoms with Gasteiger partial charge in [0.1, 0.15) is 0 Å². The van der Waals surface area contributed by atoms with E-state index >= 15 is 0 Å². The predicted octanol–water partition coefficient (Wildman–Crippen LogP) is 3.08. The maximum absolute atomic E-state index is 5.17. The van der Waals surface area contributed by atoms with Crippen molar-refractivity contribution in [3.63, 3.8) is 0 Å². The number of ether oxygens (including phenoxy) is 1. The summed E-state index contributed by atoms with van der Waals surface area (Å²) < 4.78 is 5.17. The van der Waals surface area contributed by atoms with Crippen molar-refractivity contribution in [2.45, 2.75) is 45.4 Å².